The first-order chi connectivity index (χ1) is 9.20. The van der Waals surface area contributed by atoms with E-state index in [4.69, 9.17) is 0 Å². The average molecular weight is 294 g/mol. The fourth-order valence-electron chi connectivity index (χ4n) is 2.58. The summed E-state index contributed by atoms with van der Waals surface area (Å²) in [7, 11) is 0. The van der Waals surface area contributed by atoms with Crippen molar-refractivity contribution < 1.29 is 4.79 Å². The summed E-state index contributed by atoms with van der Waals surface area (Å²) < 4.78 is 0. The summed E-state index contributed by atoms with van der Waals surface area (Å²) in [6, 6.07) is 2.29. The van der Waals surface area contributed by atoms with E-state index in [-0.39, 0.29) is 23.5 Å². The summed E-state index contributed by atoms with van der Waals surface area (Å²) in [6.07, 6.45) is 0.799. The van der Waals surface area contributed by atoms with Gasteiger partial charge in [0, 0.05) is 6.04 Å². The van der Waals surface area contributed by atoms with Gasteiger partial charge in [0.15, 0.2) is 0 Å². The highest BCUT2D eigenvalue weighted by molar-refractivity contribution is 7.07. The molecule has 0 aliphatic carbocycles. The Hall–Kier alpha value is -0.870. The fraction of sp³-hybridized carbons (Fsp3) is 0.688. The number of hydrogen-bond donors (Lipinski definition) is 1. The van der Waals surface area contributed by atoms with E-state index in [2.05, 4.69) is 56.8 Å². The summed E-state index contributed by atoms with van der Waals surface area (Å²) >= 11 is 1.68. The molecule has 1 aliphatic heterocycles. The average Bonchev–Trinajstić information content (AvgIpc) is 2.96. The van der Waals surface area contributed by atoms with Gasteiger partial charge in [-0.15, -0.1) is 0 Å². The molecule has 20 heavy (non-hydrogen) atoms. The number of thiophene rings is 1. The molecule has 0 radical (unpaired) electrons. The fourth-order valence-corrected chi connectivity index (χ4v) is 3.26. The number of nitrogens with one attached hydrogen (secondary N) is 1. The van der Waals surface area contributed by atoms with Crippen molar-refractivity contribution in [2.45, 2.75) is 65.7 Å². The maximum Gasteiger partial charge on any atom is 0.244 e. The number of rotatable bonds is 3. The van der Waals surface area contributed by atoms with Gasteiger partial charge in [-0.3, -0.25) is 10.1 Å². The van der Waals surface area contributed by atoms with Crippen LogP contribution in [0.25, 0.3) is 0 Å². The highest BCUT2D eigenvalue weighted by Crippen LogP contribution is 2.39. The molecule has 0 saturated carbocycles. The van der Waals surface area contributed by atoms with Gasteiger partial charge in [-0.05, 0) is 48.1 Å². The van der Waals surface area contributed by atoms with Crippen molar-refractivity contribution in [3.63, 3.8) is 0 Å². The molecule has 1 aromatic heterocycles. The second-order valence-corrected chi connectivity index (χ2v) is 7.82. The van der Waals surface area contributed by atoms with Crippen LogP contribution in [0.2, 0.25) is 0 Å². The lowest BCUT2D eigenvalue weighted by molar-refractivity contribution is -0.137. The lowest BCUT2D eigenvalue weighted by Crippen LogP contribution is -2.47. The third kappa shape index (κ3) is 2.51. The molecule has 3 nitrogen and oxygen atoms in total. The molecule has 1 fully saturated rings. The SMILES string of the molecule is CCC1(C)NC(c2ccsc2)N(C(C)C(C)(C)C)C1=O. The molecule has 3 atom stereocenters. The van der Waals surface area contributed by atoms with E-state index in [0.29, 0.717) is 0 Å². The quantitative estimate of drug-likeness (QED) is 0.920. The van der Waals surface area contributed by atoms with Gasteiger partial charge in [0.05, 0.1) is 5.54 Å². The van der Waals surface area contributed by atoms with Gasteiger partial charge in [-0.2, -0.15) is 11.3 Å². The minimum Gasteiger partial charge on any atom is -0.318 e. The minimum atomic E-state index is -0.452. The molecule has 1 amide bonds. The van der Waals surface area contributed by atoms with Crippen molar-refractivity contribution in [1.82, 2.24) is 10.2 Å². The standard InChI is InChI=1S/C16H26N2OS/c1-7-16(6)14(19)18(11(2)15(3,4)5)13(17-16)12-8-9-20-10-12/h8-11,13,17H,7H2,1-6H3. The van der Waals surface area contributed by atoms with Crippen molar-refractivity contribution in [2.75, 3.05) is 0 Å². The van der Waals surface area contributed by atoms with Crippen LogP contribution in [0.4, 0.5) is 0 Å². The molecule has 4 heteroatoms. The van der Waals surface area contributed by atoms with Crippen LogP contribution in [0.1, 0.15) is 59.7 Å². The molecular weight excluding hydrogens is 268 g/mol. The molecule has 1 saturated heterocycles. The van der Waals surface area contributed by atoms with Crippen molar-refractivity contribution in [3.05, 3.63) is 22.4 Å². The Bertz CT molecular complexity index is 477. The smallest absolute Gasteiger partial charge is 0.244 e. The topological polar surface area (TPSA) is 32.3 Å². The Kier molecular flexibility index (Phi) is 4.00. The zero-order valence-electron chi connectivity index (χ0n) is 13.4. The Labute approximate surface area is 126 Å². The Morgan fingerprint density at radius 3 is 2.60 bits per heavy atom. The molecule has 3 unspecified atom stereocenters. The normalized spacial score (nSPS) is 29.0. The van der Waals surface area contributed by atoms with Gasteiger partial charge in [-0.25, -0.2) is 0 Å². The third-order valence-corrected chi connectivity index (χ3v) is 5.38. The molecule has 0 spiro atoms. The summed E-state index contributed by atoms with van der Waals surface area (Å²) in [5.41, 5.74) is 0.799. The van der Waals surface area contributed by atoms with Crippen LogP contribution in [-0.4, -0.2) is 22.4 Å². The highest BCUT2D eigenvalue weighted by atomic mass is 32.1. The first kappa shape index (κ1) is 15.5. The first-order valence-corrected chi connectivity index (χ1v) is 8.27. The van der Waals surface area contributed by atoms with Crippen LogP contribution in [0.15, 0.2) is 16.8 Å². The third-order valence-electron chi connectivity index (χ3n) is 4.68. The molecule has 2 heterocycles. The summed E-state index contributed by atoms with van der Waals surface area (Å²) in [5.74, 6) is 0.221. The van der Waals surface area contributed by atoms with Crippen LogP contribution in [0.5, 0.6) is 0 Å². The van der Waals surface area contributed by atoms with Gasteiger partial charge in [-0.1, -0.05) is 27.7 Å². The maximum absolute atomic E-state index is 12.9. The van der Waals surface area contributed by atoms with Crippen LogP contribution in [-0.2, 0) is 4.79 Å². The van der Waals surface area contributed by atoms with E-state index in [0.717, 1.165) is 6.42 Å². The predicted molar refractivity (Wildman–Crippen MR) is 84.7 cm³/mol. The van der Waals surface area contributed by atoms with Crippen LogP contribution in [0.3, 0.4) is 0 Å². The molecule has 0 aromatic carbocycles. The van der Waals surface area contributed by atoms with Crippen LogP contribution >= 0.6 is 11.3 Å². The van der Waals surface area contributed by atoms with E-state index in [1.165, 1.54) is 5.56 Å². The van der Waals surface area contributed by atoms with E-state index in [9.17, 15) is 4.79 Å². The second-order valence-electron chi connectivity index (χ2n) is 7.04. The Morgan fingerprint density at radius 2 is 2.15 bits per heavy atom. The largest absolute Gasteiger partial charge is 0.318 e. The molecule has 112 valence electrons. The lowest BCUT2D eigenvalue weighted by Gasteiger charge is -2.38. The molecule has 1 aliphatic rings. The van der Waals surface area contributed by atoms with Gasteiger partial charge < -0.3 is 4.90 Å². The van der Waals surface area contributed by atoms with Crippen molar-refractivity contribution >= 4 is 17.2 Å². The Morgan fingerprint density at radius 1 is 1.50 bits per heavy atom. The number of amides is 1. The second kappa shape index (κ2) is 5.15. The molecule has 0 bridgehead atoms. The zero-order valence-corrected chi connectivity index (χ0v) is 14.2. The summed E-state index contributed by atoms with van der Waals surface area (Å²) in [4.78, 5) is 15.0. The first-order valence-electron chi connectivity index (χ1n) is 7.33. The monoisotopic (exact) mass is 294 g/mol. The van der Waals surface area contributed by atoms with E-state index >= 15 is 0 Å². The van der Waals surface area contributed by atoms with Gasteiger partial charge in [0.1, 0.15) is 6.17 Å². The van der Waals surface area contributed by atoms with Gasteiger partial charge in [0.2, 0.25) is 5.91 Å². The molecular formula is C16H26N2OS. The van der Waals surface area contributed by atoms with Crippen molar-refractivity contribution in [3.8, 4) is 0 Å². The summed E-state index contributed by atoms with van der Waals surface area (Å²) in [5, 5.41) is 7.76. The summed E-state index contributed by atoms with van der Waals surface area (Å²) in [6.45, 7) is 12.8. The Balaban J connectivity index is 2.41. The number of hydrogen-bond acceptors (Lipinski definition) is 3. The van der Waals surface area contributed by atoms with E-state index in [1.807, 2.05) is 11.8 Å². The zero-order chi connectivity index (χ0) is 15.1. The van der Waals surface area contributed by atoms with E-state index in [1.54, 1.807) is 11.3 Å². The van der Waals surface area contributed by atoms with Crippen molar-refractivity contribution in [1.29, 1.82) is 0 Å². The van der Waals surface area contributed by atoms with Crippen molar-refractivity contribution in [2.24, 2.45) is 5.41 Å². The number of nitrogens with zero attached hydrogens (tertiary/aromatic N) is 1. The van der Waals surface area contributed by atoms with E-state index < -0.39 is 5.54 Å². The molecule has 1 N–H and O–H groups in total. The van der Waals surface area contributed by atoms with Gasteiger partial charge in [0.25, 0.3) is 0 Å². The number of carbonyl (C=O) groups excluding carboxylic acids is 1. The highest BCUT2D eigenvalue weighted by Gasteiger charge is 2.50. The number of carbonyl (C=O) groups is 1. The van der Waals surface area contributed by atoms with Crippen LogP contribution in [0, 0.1) is 5.41 Å². The maximum atomic E-state index is 12.9. The lowest BCUT2D eigenvalue weighted by atomic mass is 9.86. The molecule has 1 aromatic rings. The predicted octanol–water partition coefficient (Wildman–Crippen LogP) is 3.78. The van der Waals surface area contributed by atoms with Crippen LogP contribution < -0.4 is 5.32 Å². The minimum absolute atomic E-state index is 0.00655. The molecule has 2 rings (SSSR count). The van der Waals surface area contributed by atoms with Gasteiger partial charge >= 0.3 is 0 Å².